The number of anilines is 2. The molecular weight excluding hydrogens is 676 g/mol. The minimum Gasteiger partial charge on any atom is -0.507 e. The summed E-state index contributed by atoms with van der Waals surface area (Å²) >= 11 is 6.84. The first-order chi connectivity index (χ1) is 20.6. The number of fused-ring (bicyclic) bond motifs is 4. The van der Waals surface area contributed by atoms with Crippen molar-refractivity contribution in [2.75, 3.05) is 9.80 Å². The van der Waals surface area contributed by atoms with E-state index in [1.165, 1.54) is 9.80 Å². The minimum atomic E-state index is -0.659. The Morgan fingerprint density at radius 2 is 1.16 bits per heavy atom. The third kappa shape index (κ3) is 4.26. The highest BCUT2D eigenvalue weighted by molar-refractivity contribution is 9.10. The number of hydrogen-bond donors (Lipinski definition) is 1. The molecule has 9 heteroatoms. The van der Waals surface area contributed by atoms with Gasteiger partial charge in [-0.05, 0) is 97.8 Å². The van der Waals surface area contributed by atoms with Crippen LogP contribution in [0, 0.1) is 43.4 Å². The van der Waals surface area contributed by atoms with Crippen LogP contribution >= 0.6 is 31.9 Å². The van der Waals surface area contributed by atoms with Crippen LogP contribution in [-0.4, -0.2) is 28.7 Å². The molecule has 2 saturated heterocycles. The smallest absolute Gasteiger partial charge is 0.238 e. The van der Waals surface area contributed by atoms with Gasteiger partial charge in [-0.3, -0.25) is 29.0 Å². The zero-order chi connectivity index (χ0) is 30.3. The van der Waals surface area contributed by atoms with Crippen LogP contribution in [0.3, 0.4) is 0 Å². The van der Waals surface area contributed by atoms with E-state index in [-0.39, 0.29) is 35.3 Å². The summed E-state index contributed by atoms with van der Waals surface area (Å²) in [5.74, 6) is -4.15. The Balaban J connectivity index is 1.35. The molecule has 3 fully saturated rings. The molecule has 1 saturated carbocycles. The normalized spacial score (nSPS) is 28.1. The number of halogens is 2. The van der Waals surface area contributed by atoms with E-state index in [4.69, 9.17) is 0 Å². The second-order valence-corrected chi connectivity index (χ2v) is 13.8. The molecule has 218 valence electrons. The number of carbonyl (C=O) groups excluding carboxylic acids is 4. The van der Waals surface area contributed by atoms with Crippen LogP contribution in [-0.2, 0) is 19.2 Å². The number of hydrogen-bond acceptors (Lipinski definition) is 5. The molecule has 0 bridgehead atoms. The molecular formula is C34H28Br2N2O5. The van der Waals surface area contributed by atoms with Gasteiger partial charge in [0.2, 0.25) is 23.6 Å². The quantitative estimate of drug-likeness (QED) is 0.246. The van der Waals surface area contributed by atoms with Crippen molar-refractivity contribution >= 4 is 66.9 Å². The third-order valence-electron chi connectivity index (χ3n) is 9.69. The van der Waals surface area contributed by atoms with Crippen molar-refractivity contribution < 1.29 is 24.3 Å². The van der Waals surface area contributed by atoms with Crippen molar-refractivity contribution in [2.45, 2.75) is 32.6 Å². The van der Waals surface area contributed by atoms with Gasteiger partial charge in [-0.2, -0.15) is 0 Å². The maximum absolute atomic E-state index is 14.2. The average Bonchev–Trinajstić information content (AvgIpc) is 3.39. The molecule has 6 atom stereocenters. The summed E-state index contributed by atoms with van der Waals surface area (Å²) in [6.07, 6.45) is 2.74. The van der Waals surface area contributed by atoms with Crippen LogP contribution in [0.1, 0.15) is 35.4 Å². The highest BCUT2D eigenvalue weighted by Gasteiger charge is 2.62. The predicted molar refractivity (Wildman–Crippen MR) is 168 cm³/mol. The third-order valence-corrected chi connectivity index (χ3v) is 10.7. The number of phenolic OH excluding ortho intramolecular Hbond substituents is 1. The van der Waals surface area contributed by atoms with E-state index < -0.39 is 29.6 Å². The van der Waals surface area contributed by atoms with E-state index in [0.29, 0.717) is 35.3 Å². The van der Waals surface area contributed by atoms with E-state index >= 15 is 0 Å². The number of aryl methyl sites for hydroxylation is 2. The van der Waals surface area contributed by atoms with Crippen molar-refractivity contribution in [3.8, 4) is 5.75 Å². The van der Waals surface area contributed by atoms with Gasteiger partial charge in [0.25, 0.3) is 0 Å². The number of aromatic hydroxyl groups is 1. The zero-order valence-electron chi connectivity index (χ0n) is 23.5. The second-order valence-electron chi connectivity index (χ2n) is 12.0. The predicted octanol–water partition coefficient (Wildman–Crippen LogP) is 6.58. The SMILES string of the molecule is Cc1cc([C@H]2C3=CC[C@@H]4C(=O)N(c5ccc(Br)cc5)C(=O)[C@@H]4[C@@H]3C[C@H]3C(=O)N(c4ccc(Br)cc4)C(=O)[C@@H]23)cc(C)c1O. The highest BCUT2D eigenvalue weighted by atomic mass is 79.9. The fourth-order valence-corrected chi connectivity index (χ4v) is 8.35. The Morgan fingerprint density at radius 3 is 1.70 bits per heavy atom. The molecule has 2 aliphatic heterocycles. The van der Waals surface area contributed by atoms with Gasteiger partial charge in [0.15, 0.2) is 0 Å². The Hall–Kier alpha value is -3.56. The van der Waals surface area contributed by atoms with Gasteiger partial charge in [0, 0.05) is 14.9 Å². The Kier molecular flexibility index (Phi) is 6.74. The van der Waals surface area contributed by atoms with Crippen LogP contribution in [0.5, 0.6) is 5.75 Å². The van der Waals surface area contributed by atoms with Gasteiger partial charge in [0.05, 0.1) is 35.0 Å². The molecule has 3 aromatic rings. The van der Waals surface area contributed by atoms with Gasteiger partial charge >= 0.3 is 0 Å². The van der Waals surface area contributed by atoms with Gasteiger partial charge in [-0.25, -0.2) is 0 Å². The first-order valence-electron chi connectivity index (χ1n) is 14.3. The highest BCUT2D eigenvalue weighted by Crippen LogP contribution is 2.58. The monoisotopic (exact) mass is 702 g/mol. The van der Waals surface area contributed by atoms with Crippen LogP contribution in [0.15, 0.2) is 81.3 Å². The molecule has 0 spiro atoms. The number of imide groups is 2. The Labute approximate surface area is 265 Å². The summed E-state index contributed by atoms with van der Waals surface area (Å²) in [5, 5.41) is 10.6. The fraction of sp³-hybridized carbons (Fsp3) is 0.294. The summed E-state index contributed by atoms with van der Waals surface area (Å²) in [4.78, 5) is 58.7. The molecule has 4 amide bonds. The van der Waals surface area contributed by atoms with Crippen molar-refractivity contribution in [2.24, 2.45) is 29.6 Å². The van der Waals surface area contributed by atoms with E-state index in [2.05, 4.69) is 31.9 Å². The molecule has 0 aromatic heterocycles. The minimum absolute atomic E-state index is 0.192. The number of carbonyl (C=O) groups is 4. The van der Waals surface area contributed by atoms with E-state index in [1.807, 2.05) is 32.1 Å². The number of nitrogens with zero attached hydrogens (tertiary/aromatic N) is 2. The van der Waals surface area contributed by atoms with Gasteiger partial charge < -0.3 is 5.11 Å². The van der Waals surface area contributed by atoms with Crippen molar-refractivity contribution in [1.29, 1.82) is 0 Å². The lowest BCUT2D eigenvalue weighted by Gasteiger charge is -2.44. The molecule has 0 radical (unpaired) electrons. The van der Waals surface area contributed by atoms with Gasteiger partial charge in [0.1, 0.15) is 5.75 Å². The second kappa shape index (κ2) is 10.3. The van der Waals surface area contributed by atoms with E-state index in [1.54, 1.807) is 48.5 Å². The summed E-state index contributed by atoms with van der Waals surface area (Å²) in [6, 6.07) is 18.0. The van der Waals surface area contributed by atoms with Crippen LogP contribution in [0.4, 0.5) is 11.4 Å². The van der Waals surface area contributed by atoms with Crippen LogP contribution in [0.25, 0.3) is 0 Å². The number of phenols is 1. The van der Waals surface area contributed by atoms with E-state index in [0.717, 1.165) is 20.1 Å². The first-order valence-corrected chi connectivity index (χ1v) is 15.9. The molecule has 7 nitrogen and oxygen atoms in total. The standard InChI is InChI=1S/C34H28Br2N2O5/c1-16-13-18(14-17(2)30(16)39)27-23-11-12-24-28(33(42)37(31(24)40)21-7-3-19(35)4-8-21)25(23)15-26-29(27)34(43)38(32(26)41)22-9-5-20(36)6-10-22/h3-11,13-14,24-29,39H,12,15H2,1-2H3/t24-,25+,26+,27-,28-,29+/m0/s1. The molecule has 7 rings (SSSR count). The fourth-order valence-electron chi connectivity index (χ4n) is 7.82. The largest absolute Gasteiger partial charge is 0.507 e. The molecule has 3 aromatic carbocycles. The lowest BCUT2D eigenvalue weighted by molar-refractivity contribution is -0.126. The zero-order valence-corrected chi connectivity index (χ0v) is 26.6. The number of rotatable bonds is 3. The first kappa shape index (κ1) is 28.2. The van der Waals surface area contributed by atoms with Crippen molar-refractivity contribution in [3.05, 3.63) is 97.9 Å². The van der Waals surface area contributed by atoms with Gasteiger partial charge in [-0.15, -0.1) is 0 Å². The summed E-state index contributed by atoms with van der Waals surface area (Å²) in [5.41, 5.74) is 4.16. The van der Waals surface area contributed by atoms with Crippen molar-refractivity contribution in [1.82, 2.24) is 0 Å². The lowest BCUT2D eigenvalue weighted by Crippen LogP contribution is -2.43. The molecule has 2 aliphatic carbocycles. The summed E-state index contributed by atoms with van der Waals surface area (Å²) < 4.78 is 1.68. The maximum atomic E-state index is 14.2. The number of allylic oxidation sites excluding steroid dienone is 2. The number of amides is 4. The molecule has 0 unspecified atom stereocenters. The Bertz CT molecular complexity index is 1730. The topological polar surface area (TPSA) is 95.0 Å². The maximum Gasteiger partial charge on any atom is 0.238 e. The molecule has 4 aliphatic rings. The molecule has 2 heterocycles. The summed E-state index contributed by atoms with van der Waals surface area (Å²) in [7, 11) is 0. The lowest BCUT2D eigenvalue weighted by atomic mass is 9.57. The summed E-state index contributed by atoms with van der Waals surface area (Å²) in [6.45, 7) is 3.64. The Morgan fingerprint density at radius 1 is 0.674 bits per heavy atom. The van der Waals surface area contributed by atoms with Crippen LogP contribution < -0.4 is 9.80 Å². The average molecular weight is 704 g/mol. The van der Waals surface area contributed by atoms with Crippen LogP contribution in [0.2, 0.25) is 0 Å². The molecule has 1 N–H and O–H groups in total. The van der Waals surface area contributed by atoms with Crippen molar-refractivity contribution in [3.63, 3.8) is 0 Å². The molecule has 43 heavy (non-hydrogen) atoms. The number of benzene rings is 3. The van der Waals surface area contributed by atoms with Gasteiger partial charge in [-0.1, -0.05) is 55.6 Å². The van der Waals surface area contributed by atoms with E-state index in [9.17, 15) is 24.3 Å².